The predicted octanol–water partition coefficient (Wildman–Crippen LogP) is 7.09. The van der Waals surface area contributed by atoms with Crippen molar-refractivity contribution in [3.8, 4) is 0 Å². The normalized spacial score (nSPS) is 18.4. The number of hydrogen-bond acceptors (Lipinski definition) is 6. The van der Waals surface area contributed by atoms with Crippen LogP contribution in [0.2, 0.25) is 0 Å². The minimum absolute atomic E-state index is 0.102. The summed E-state index contributed by atoms with van der Waals surface area (Å²) in [5, 5.41) is 3.81. The van der Waals surface area contributed by atoms with Crippen LogP contribution < -0.4 is 10.2 Å². The molecule has 1 amide bonds. The van der Waals surface area contributed by atoms with E-state index in [4.69, 9.17) is 14.1 Å². The van der Waals surface area contributed by atoms with Gasteiger partial charge in [-0.3, -0.25) is 4.79 Å². The largest absolute Gasteiger partial charge is 0.438 e. The van der Waals surface area contributed by atoms with Crippen molar-refractivity contribution >= 4 is 56.0 Å². The molecule has 190 valence electrons. The van der Waals surface area contributed by atoms with Crippen LogP contribution in [0.4, 0.5) is 16.6 Å². The lowest BCUT2D eigenvalue weighted by Gasteiger charge is -2.33. The first-order valence-electron chi connectivity index (χ1n) is 12.5. The van der Waals surface area contributed by atoms with Gasteiger partial charge in [-0.15, -0.1) is 11.3 Å². The third kappa shape index (κ3) is 5.45. The number of nitrogens with one attached hydrogen (secondary N) is 1. The molecule has 0 spiro atoms. The summed E-state index contributed by atoms with van der Waals surface area (Å²) in [5.41, 5.74) is 2.86. The van der Waals surface area contributed by atoms with E-state index in [2.05, 4.69) is 46.9 Å². The van der Waals surface area contributed by atoms with Crippen LogP contribution in [0.1, 0.15) is 53.8 Å². The smallest absolute Gasteiger partial charge is 0.259 e. The minimum atomic E-state index is -0.102. The Bertz CT molecular complexity index is 1250. The van der Waals surface area contributed by atoms with Gasteiger partial charge in [-0.2, -0.15) is 0 Å². The lowest BCUT2D eigenvalue weighted by atomic mass is 9.72. The number of rotatable bonds is 5. The van der Waals surface area contributed by atoms with Gasteiger partial charge in [-0.05, 0) is 64.2 Å². The van der Waals surface area contributed by atoms with Crippen molar-refractivity contribution in [3.63, 3.8) is 0 Å². The van der Waals surface area contributed by atoms with Crippen LogP contribution in [0, 0.1) is 11.3 Å². The fourth-order valence-electron chi connectivity index (χ4n) is 4.90. The van der Waals surface area contributed by atoms with Crippen molar-refractivity contribution in [2.45, 2.75) is 40.0 Å². The Balaban J connectivity index is 1.46. The third-order valence-electron chi connectivity index (χ3n) is 7.03. The van der Waals surface area contributed by atoms with Gasteiger partial charge in [0, 0.05) is 29.7 Å². The topological polar surface area (TPSA) is 67.1 Å². The van der Waals surface area contributed by atoms with Gasteiger partial charge < -0.3 is 19.4 Å². The maximum Gasteiger partial charge on any atom is 0.259 e. The standard InChI is InChI=1S/C28H32BrN3O3S/c1-28(2,3)18-9-10-21-23(15-18)36-26(24(21)25(33)31-19-7-5-4-6-8-19)30-17-20-16-22(29)27(35-20)32-11-13-34-14-12-32/h4-8,16-18H,9-15H2,1-3H3,(H,31,33)/t18-/m1/s1. The Kier molecular flexibility index (Phi) is 7.37. The number of anilines is 2. The lowest BCUT2D eigenvalue weighted by Crippen LogP contribution is -2.36. The van der Waals surface area contributed by atoms with E-state index in [0.717, 1.165) is 59.0 Å². The molecule has 5 rings (SSSR count). The number of nitrogens with zero attached hydrogens (tertiary/aromatic N) is 2. The third-order valence-corrected chi connectivity index (χ3v) is 8.76. The van der Waals surface area contributed by atoms with Gasteiger partial charge in [-0.25, -0.2) is 4.99 Å². The maximum absolute atomic E-state index is 13.5. The molecule has 36 heavy (non-hydrogen) atoms. The molecule has 6 nitrogen and oxygen atoms in total. The molecule has 0 unspecified atom stereocenters. The molecule has 3 aromatic rings. The van der Waals surface area contributed by atoms with Crippen LogP contribution in [-0.4, -0.2) is 38.4 Å². The number of thiophene rings is 1. The molecule has 1 aromatic carbocycles. The molecule has 1 saturated heterocycles. The highest BCUT2D eigenvalue weighted by atomic mass is 79.9. The summed E-state index contributed by atoms with van der Waals surface area (Å²) in [6, 6.07) is 11.5. The number of hydrogen-bond donors (Lipinski definition) is 1. The second-order valence-electron chi connectivity index (χ2n) is 10.5. The molecule has 2 aliphatic rings. The molecule has 1 atom stereocenters. The molecule has 1 aliphatic carbocycles. The van der Waals surface area contributed by atoms with E-state index in [1.54, 1.807) is 17.6 Å². The molecule has 0 bridgehead atoms. The number of carbonyl (C=O) groups excluding carboxylic acids is 1. The second-order valence-corrected chi connectivity index (χ2v) is 12.4. The fraction of sp³-hybridized carbons (Fsp3) is 0.429. The monoisotopic (exact) mass is 569 g/mol. The van der Waals surface area contributed by atoms with Crippen LogP contribution in [-0.2, 0) is 17.6 Å². The van der Waals surface area contributed by atoms with Crippen molar-refractivity contribution in [1.82, 2.24) is 0 Å². The van der Waals surface area contributed by atoms with Crippen LogP contribution in [0.25, 0.3) is 0 Å². The Morgan fingerprint density at radius 2 is 1.97 bits per heavy atom. The number of carbonyl (C=O) groups is 1. The molecule has 1 N–H and O–H groups in total. The Labute approximate surface area is 224 Å². The molecule has 0 saturated carbocycles. The first kappa shape index (κ1) is 25.2. The van der Waals surface area contributed by atoms with Crippen molar-refractivity contribution in [2.75, 3.05) is 36.5 Å². The fourth-order valence-corrected chi connectivity index (χ4v) is 6.72. The Morgan fingerprint density at radius 1 is 1.22 bits per heavy atom. The SMILES string of the molecule is CC(C)(C)[C@@H]1CCc2c(sc(N=Cc3cc(Br)c(N4CCOCC4)o3)c2C(=O)Nc2ccccc2)C1. The van der Waals surface area contributed by atoms with Gasteiger partial charge in [0.25, 0.3) is 5.91 Å². The van der Waals surface area contributed by atoms with Crippen LogP contribution in [0.3, 0.4) is 0 Å². The highest BCUT2D eigenvalue weighted by molar-refractivity contribution is 9.10. The summed E-state index contributed by atoms with van der Waals surface area (Å²) in [6.07, 6.45) is 4.69. The number of para-hydroxylation sites is 1. The number of fused-ring (bicyclic) bond motifs is 1. The number of furan rings is 1. The van der Waals surface area contributed by atoms with E-state index in [1.165, 1.54) is 4.88 Å². The molecule has 8 heteroatoms. The first-order valence-corrected chi connectivity index (χ1v) is 14.1. The van der Waals surface area contributed by atoms with Gasteiger partial charge in [0.2, 0.25) is 5.88 Å². The van der Waals surface area contributed by atoms with Crippen LogP contribution in [0.5, 0.6) is 0 Å². The van der Waals surface area contributed by atoms with E-state index in [9.17, 15) is 4.79 Å². The number of aliphatic imine (C=N–C) groups is 1. The average molecular weight is 571 g/mol. The Hall–Kier alpha value is -2.42. The summed E-state index contributed by atoms with van der Waals surface area (Å²) in [5.74, 6) is 1.93. The quantitative estimate of drug-likeness (QED) is 0.333. The van der Waals surface area contributed by atoms with E-state index >= 15 is 0 Å². The summed E-state index contributed by atoms with van der Waals surface area (Å²) in [7, 11) is 0. The molecular formula is C28H32BrN3O3S. The number of amides is 1. The average Bonchev–Trinajstić information content (AvgIpc) is 3.42. The Morgan fingerprint density at radius 3 is 2.69 bits per heavy atom. The van der Waals surface area contributed by atoms with Crippen LogP contribution in [0.15, 0.2) is 50.3 Å². The van der Waals surface area contributed by atoms with E-state index in [1.807, 2.05) is 36.4 Å². The number of halogens is 1. The van der Waals surface area contributed by atoms with Gasteiger partial charge in [-0.1, -0.05) is 39.0 Å². The molecule has 1 fully saturated rings. The summed E-state index contributed by atoms with van der Waals surface area (Å²) >= 11 is 5.27. The number of benzene rings is 1. The maximum atomic E-state index is 13.5. The van der Waals surface area contributed by atoms with E-state index < -0.39 is 0 Å². The van der Waals surface area contributed by atoms with Gasteiger partial charge in [0.15, 0.2) is 0 Å². The zero-order valence-electron chi connectivity index (χ0n) is 21.0. The summed E-state index contributed by atoms with van der Waals surface area (Å²) < 4.78 is 12.5. The summed E-state index contributed by atoms with van der Waals surface area (Å²) in [4.78, 5) is 21.7. The lowest BCUT2D eigenvalue weighted by molar-refractivity contribution is 0.102. The first-order chi connectivity index (χ1) is 17.3. The van der Waals surface area contributed by atoms with E-state index in [-0.39, 0.29) is 11.3 Å². The molecule has 3 heterocycles. The van der Waals surface area contributed by atoms with Crippen molar-refractivity contribution < 1.29 is 13.9 Å². The number of ether oxygens (including phenoxy) is 1. The molecule has 1 aliphatic heterocycles. The van der Waals surface area contributed by atoms with Crippen molar-refractivity contribution in [2.24, 2.45) is 16.3 Å². The molecule has 2 aromatic heterocycles. The zero-order chi connectivity index (χ0) is 25.3. The van der Waals surface area contributed by atoms with Crippen molar-refractivity contribution in [1.29, 1.82) is 0 Å². The van der Waals surface area contributed by atoms with Gasteiger partial charge >= 0.3 is 0 Å². The summed E-state index contributed by atoms with van der Waals surface area (Å²) in [6.45, 7) is 9.87. The van der Waals surface area contributed by atoms with Gasteiger partial charge in [0.1, 0.15) is 10.8 Å². The predicted molar refractivity (Wildman–Crippen MR) is 150 cm³/mol. The minimum Gasteiger partial charge on any atom is -0.438 e. The molecular weight excluding hydrogens is 538 g/mol. The van der Waals surface area contributed by atoms with E-state index in [0.29, 0.717) is 30.5 Å². The van der Waals surface area contributed by atoms with Crippen molar-refractivity contribution in [3.05, 3.63) is 62.6 Å². The highest BCUT2D eigenvalue weighted by Gasteiger charge is 2.33. The zero-order valence-corrected chi connectivity index (χ0v) is 23.4. The van der Waals surface area contributed by atoms with Crippen LogP contribution >= 0.6 is 27.3 Å². The highest BCUT2D eigenvalue weighted by Crippen LogP contribution is 2.45. The number of morpholine rings is 1. The second kappa shape index (κ2) is 10.5. The van der Waals surface area contributed by atoms with Gasteiger partial charge in [0.05, 0.1) is 29.5 Å². The molecule has 0 radical (unpaired) electrons.